The van der Waals surface area contributed by atoms with Gasteiger partial charge in [0.05, 0.1) is 37.1 Å². The summed E-state index contributed by atoms with van der Waals surface area (Å²) in [5.41, 5.74) is 6.13. The molecule has 0 aliphatic carbocycles. The average Bonchev–Trinajstić information content (AvgIpc) is 4.10. The first-order valence-electron chi connectivity index (χ1n) is 22.0. The van der Waals surface area contributed by atoms with Crippen molar-refractivity contribution in [1.82, 2.24) is 20.2 Å². The highest BCUT2D eigenvalue weighted by Gasteiger charge is 2.39. The highest BCUT2D eigenvalue weighted by Crippen LogP contribution is 2.29. The first-order chi connectivity index (χ1) is 30.6. The molecule has 12 nitrogen and oxygen atoms in total. The summed E-state index contributed by atoms with van der Waals surface area (Å²) in [5, 5.41) is 13.0. The normalized spacial score (nSPS) is 18.1. The predicted molar refractivity (Wildman–Crippen MR) is 241 cm³/mol. The number of carbonyl (C=O) groups is 2. The van der Waals surface area contributed by atoms with Gasteiger partial charge in [-0.2, -0.15) is 0 Å². The Balaban J connectivity index is 0.000000193. The van der Waals surface area contributed by atoms with Gasteiger partial charge >= 0.3 is 12.1 Å². The number of oxazole rings is 2. The summed E-state index contributed by atoms with van der Waals surface area (Å²) >= 11 is 0. The molecule has 4 aromatic carbocycles. The van der Waals surface area contributed by atoms with Gasteiger partial charge in [-0.3, -0.25) is 4.79 Å². The molecule has 2 N–H and O–H groups in total. The first kappa shape index (κ1) is 44.6. The fourth-order valence-electron chi connectivity index (χ4n) is 8.15. The summed E-state index contributed by atoms with van der Waals surface area (Å²) in [6.07, 6.45) is 4.22. The van der Waals surface area contributed by atoms with Gasteiger partial charge in [-0.25, -0.2) is 14.8 Å². The second-order valence-electron chi connectivity index (χ2n) is 16.4. The molecule has 2 fully saturated rings. The second-order valence-corrected chi connectivity index (χ2v) is 16.4. The van der Waals surface area contributed by atoms with Crippen molar-refractivity contribution < 1.29 is 37.7 Å². The van der Waals surface area contributed by atoms with Gasteiger partial charge in [0, 0.05) is 42.6 Å². The van der Waals surface area contributed by atoms with Crippen LogP contribution in [0.25, 0.3) is 22.9 Å². The number of aryl methyl sites for hydroxylation is 2. The van der Waals surface area contributed by atoms with Gasteiger partial charge < -0.3 is 38.4 Å². The predicted octanol–water partition coefficient (Wildman–Crippen LogP) is 9.56. The van der Waals surface area contributed by atoms with E-state index in [0.717, 1.165) is 76.4 Å². The first-order valence-corrected chi connectivity index (χ1v) is 22.0. The van der Waals surface area contributed by atoms with Crippen molar-refractivity contribution in [3.8, 4) is 34.4 Å². The Labute approximate surface area is 369 Å². The molecule has 330 valence electrons. The zero-order chi connectivity index (χ0) is 44.1. The van der Waals surface area contributed by atoms with E-state index in [-0.39, 0.29) is 19.2 Å². The molecule has 2 aliphatic rings. The Morgan fingerprint density at radius 2 is 1.24 bits per heavy atom. The van der Waals surface area contributed by atoms with Gasteiger partial charge in [-0.1, -0.05) is 67.6 Å². The van der Waals surface area contributed by atoms with E-state index in [1.807, 2.05) is 98.8 Å². The SMILES string of the molecule is CCOC(=O)N1C[C@@H](C(=O)O)C[C@@H]1Cc1ccc(OCCc2nc(-c3ccccc3)oc2C)cc1.Cc1oc(-c2ccccc2)nc1CCOc1ccc(C[C@H]2C[C@H](C)CN2)cc1. The zero-order valence-electron chi connectivity index (χ0n) is 36.6. The number of nitrogens with zero attached hydrogens (tertiary/aromatic N) is 3. The lowest BCUT2D eigenvalue weighted by molar-refractivity contribution is -0.141. The maximum atomic E-state index is 12.3. The molecule has 0 unspecified atom stereocenters. The number of aliphatic carboxylic acids is 1. The van der Waals surface area contributed by atoms with Gasteiger partial charge in [-0.05, 0) is 119 Å². The minimum absolute atomic E-state index is 0.174. The Bertz CT molecular complexity index is 2360. The molecule has 4 heterocycles. The smallest absolute Gasteiger partial charge is 0.410 e. The standard InChI is InChI=1S/C27H30N2O6.C24H28N2O2/c1-3-33-27(32)29-17-21(26(30)31)16-22(29)15-19-9-11-23(12-10-19)34-14-13-24-18(2)35-25(28-24)20-7-5-4-6-8-20;1-17-14-21(25-16-17)15-19-8-10-22(11-9-19)27-13-12-23-18(2)28-24(26-23)20-6-4-3-5-7-20/h4-12,21-22H,3,13-17H2,1-2H3,(H,30,31);3-11,17,21,25H,12-16H2,1-2H3/t21-,22-;17-,21+/m00/s1. The van der Waals surface area contributed by atoms with Crippen LogP contribution >= 0.6 is 0 Å². The molecule has 1 amide bonds. The third kappa shape index (κ3) is 12.4. The maximum Gasteiger partial charge on any atom is 0.410 e. The summed E-state index contributed by atoms with van der Waals surface area (Å²) in [7, 11) is 0. The lowest BCUT2D eigenvalue weighted by Gasteiger charge is -2.23. The molecule has 0 saturated carbocycles. The van der Waals surface area contributed by atoms with Crippen LogP contribution in [-0.2, 0) is 35.2 Å². The Hall–Kier alpha value is -6.40. The molecule has 63 heavy (non-hydrogen) atoms. The molecule has 0 spiro atoms. The fraction of sp³-hybridized carbons (Fsp3) is 0.373. The van der Waals surface area contributed by atoms with Crippen molar-refractivity contribution in [3.63, 3.8) is 0 Å². The minimum atomic E-state index is -0.885. The summed E-state index contributed by atoms with van der Waals surface area (Å²) in [6.45, 7) is 10.5. The van der Waals surface area contributed by atoms with Gasteiger partial charge in [-0.15, -0.1) is 0 Å². The van der Waals surface area contributed by atoms with Crippen molar-refractivity contribution in [2.45, 2.75) is 78.3 Å². The number of likely N-dealkylation sites (tertiary alicyclic amines) is 1. The van der Waals surface area contributed by atoms with Gasteiger partial charge in [0.15, 0.2) is 0 Å². The van der Waals surface area contributed by atoms with E-state index in [0.29, 0.717) is 50.3 Å². The molecule has 0 radical (unpaired) electrons. The number of nitrogens with one attached hydrogen (secondary N) is 1. The van der Waals surface area contributed by atoms with Crippen LogP contribution in [0.3, 0.4) is 0 Å². The third-order valence-corrected chi connectivity index (χ3v) is 11.6. The van der Waals surface area contributed by atoms with Gasteiger partial charge in [0.1, 0.15) is 23.0 Å². The third-order valence-electron chi connectivity index (χ3n) is 11.6. The number of carboxylic acid groups (broad SMARTS) is 1. The van der Waals surface area contributed by atoms with Crippen LogP contribution in [0.1, 0.15) is 60.7 Å². The Morgan fingerprint density at radius 1 is 0.730 bits per heavy atom. The van der Waals surface area contributed by atoms with Crippen LogP contribution in [0, 0.1) is 25.7 Å². The number of hydrogen-bond donors (Lipinski definition) is 2. The Morgan fingerprint density at radius 3 is 1.70 bits per heavy atom. The fourth-order valence-corrected chi connectivity index (χ4v) is 8.15. The largest absolute Gasteiger partial charge is 0.493 e. The molecular formula is C51H58N4O8. The number of aromatic nitrogens is 2. The minimum Gasteiger partial charge on any atom is -0.493 e. The van der Waals surface area contributed by atoms with E-state index >= 15 is 0 Å². The highest BCUT2D eigenvalue weighted by atomic mass is 16.6. The molecule has 2 saturated heterocycles. The molecule has 12 heteroatoms. The van der Waals surface area contributed by atoms with Gasteiger partial charge in [0.2, 0.25) is 11.8 Å². The van der Waals surface area contributed by atoms with Crippen LogP contribution in [0.5, 0.6) is 11.5 Å². The van der Waals surface area contributed by atoms with Crippen LogP contribution in [0.2, 0.25) is 0 Å². The molecule has 6 aromatic rings. The monoisotopic (exact) mass is 854 g/mol. The molecular weight excluding hydrogens is 797 g/mol. The van der Waals surface area contributed by atoms with Gasteiger partial charge in [0.25, 0.3) is 0 Å². The van der Waals surface area contributed by atoms with E-state index in [1.54, 1.807) is 6.92 Å². The number of hydrogen-bond acceptors (Lipinski definition) is 10. The molecule has 2 aliphatic heterocycles. The summed E-state index contributed by atoms with van der Waals surface area (Å²) < 4.78 is 28.6. The van der Waals surface area contributed by atoms with Crippen LogP contribution < -0.4 is 14.8 Å². The van der Waals surface area contributed by atoms with Crippen LogP contribution in [-0.4, -0.2) is 77.0 Å². The van der Waals surface area contributed by atoms with E-state index in [1.165, 1.54) is 16.9 Å². The summed E-state index contributed by atoms with van der Waals surface area (Å²) in [6, 6.07) is 36.3. The van der Waals surface area contributed by atoms with Crippen molar-refractivity contribution in [3.05, 3.63) is 143 Å². The van der Waals surface area contributed by atoms with E-state index in [4.69, 9.17) is 23.0 Å². The number of carboxylic acids is 1. The maximum absolute atomic E-state index is 12.3. The topological polar surface area (TPSA) is 149 Å². The molecule has 0 bridgehead atoms. The van der Waals surface area contributed by atoms with Crippen molar-refractivity contribution >= 4 is 12.1 Å². The average molecular weight is 855 g/mol. The number of amides is 1. The summed E-state index contributed by atoms with van der Waals surface area (Å²) in [5.74, 6) is 3.88. The lowest BCUT2D eigenvalue weighted by Crippen LogP contribution is -2.37. The van der Waals surface area contributed by atoms with Crippen molar-refractivity contribution in [2.75, 3.05) is 32.9 Å². The van der Waals surface area contributed by atoms with Crippen molar-refractivity contribution in [1.29, 1.82) is 0 Å². The molecule has 8 rings (SSSR count). The lowest BCUT2D eigenvalue weighted by atomic mass is 10.00. The van der Waals surface area contributed by atoms with E-state index in [2.05, 4.69) is 46.5 Å². The van der Waals surface area contributed by atoms with Crippen LogP contribution in [0.4, 0.5) is 4.79 Å². The van der Waals surface area contributed by atoms with Crippen LogP contribution in [0.15, 0.2) is 118 Å². The number of rotatable bonds is 16. The Kier molecular flexibility index (Phi) is 15.3. The molecule has 2 aromatic heterocycles. The summed E-state index contributed by atoms with van der Waals surface area (Å²) in [4.78, 5) is 34.5. The zero-order valence-corrected chi connectivity index (χ0v) is 36.6. The number of ether oxygens (including phenoxy) is 3. The highest BCUT2D eigenvalue weighted by molar-refractivity contribution is 5.74. The van der Waals surface area contributed by atoms with E-state index < -0.39 is 18.0 Å². The molecule has 4 atom stereocenters. The van der Waals surface area contributed by atoms with E-state index in [9.17, 15) is 14.7 Å². The quantitative estimate of drug-likeness (QED) is 0.0959. The number of benzene rings is 4. The van der Waals surface area contributed by atoms with Crippen molar-refractivity contribution in [2.24, 2.45) is 11.8 Å². The number of carbonyl (C=O) groups excluding carboxylic acids is 1. The second kappa shape index (κ2) is 21.6.